The molecule has 1 atom stereocenters. The van der Waals surface area contributed by atoms with Crippen LogP contribution in [0.4, 0.5) is 0 Å². The zero-order chi connectivity index (χ0) is 11.5. The van der Waals surface area contributed by atoms with Gasteiger partial charge >= 0.3 is 0 Å². The van der Waals surface area contributed by atoms with Crippen molar-refractivity contribution < 1.29 is 0 Å². The predicted octanol–water partition coefficient (Wildman–Crippen LogP) is 3.27. The lowest BCUT2D eigenvalue weighted by atomic mass is 9.88. The Kier molecular flexibility index (Phi) is 3.25. The number of benzene rings is 1. The van der Waals surface area contributed by atoms with Gasteiger partial charge in [-0.05, 0) is 48.2 Å². The number of fused-ring (bicyclic) bond motifs is 1. The van der Waals surface area contributed by atoms with E-state index in [1.165, 1.54) is 22.3 Å². The SMILES string of the molecule is C=Cc1ccc2c(c1)C(C)=CC(NCC)C2. The van der Waals surface area contributed by atoms with E-state index in [2.05, 4.69) is 50.0 Å². The maximum atomic E-state index is 3.82. The Morgan fingerprint density at radius 3 is 3.00 bits per heavy atom. The molecular weight excluding hydrogens is 194 g/mol. The molecule has 1 aliphatic rings. The topological polar surface area (TPSA) is 12.0 Å². The average Bonchev–Trinajstić information content (AvgIpc) is 2.29. The third-order valence-corrected chi connectivity index (χ3v) is 3.15. The molecule has 84 valence electrons. The van der Waals surface area contributed by atoms with Crippen LogP contribution in [-0.4, -0.2) is 12.6 Å². The van der Waals surface area contributed by atoms with Crippen molar-refractivity contribution in [1.82, 2.24) is 5.32 Å². The minimum absolute atomic E-state index is 0.493. The van der Waals surface area contributed by atoms with Gasteiger partial charge in [-0.25, -0.2) is 0 Å². The van der Waals surface area contributed by atoms with Crippen molar-refractivity contribution in [3.8, 4) is 0 Å². The van der Waals surface area contributed by atoms with Crippen LogP contribution in [0.25, 0.3) is 11.6 Å². The van der Waals surface area contributed by atoms with Crippen molar-refractivity contribution in [3.05, 3.63) is 47.5 Å². The van der Waals surface area contributed by atoms with Gasteiger partial charge in [0.25, 0.3) is 0 Å². The minimum atomic E-state index is 0.493. The highest BCUT2D eigenvalue weighted by atomic mass is 14.9. The van der Waals surface area contributed by atoms with E-state index in [4.69, 9.17) is 0 Å². The van der Waals surface area contributed by atoms with Gasteiger partial charge in [0, 0.05) is 6.04 Å². The summed E-state index contributed by atoms with van der Waals surface area (Å²) in [6.45, 7) is 9.18. The highest BCUT2D eigenvalue weighted by Crippen LogP contribution is 2.27. The van der Waals surface area contributed by atoms with Gasteiger partial charge in [-0.15, -0.1) is 0 Å². The molecule has 1 aliphatic carbocycles. The van der Waals surface area contributed by atoms with Crippen LogP contribution >= 0.6 is 0 Å². The molecule has 0 radical (unpaired) electrons. The van der Waals surface area contributed by atoms with Gasteiger partial charge in [0.05, 0.1) is 0 Å². The average molecular weight is 213 g/mol. The Bertz CT molecular complexity index is 429. The maximum Gasteiger partial charge on any atom is 0.0296 e. The Balaban J connectivity index is 2.35. The van der Waals surface area contributed by atoms with Gasteiger partial charge in [-0.2, -0.15) is 0 Å². The fourth-order valence-corrected chi connectivity index (χ4v) is 2.35. The van der Waals surface area contributed by atoms with E-state index in [1.54, 1.807) is 0 Å². The summed E-state index contributed by atoms with van der Waals surface area (Å²) in [5.41, 5.74) is 5.40. The normalized spacial score (nSPS) is 18.9. The van der Waals surface area contributed by atoms with Crippen LogP contribution in [-0.2, 0) is 6.42 Å². The highest BCUT2D eigenvalue weighted by Gasteiger charge is 2.16. The molecule has 0 saturated heterocycles. The Morgan fingerprint density at radius 1 is 1.50 bits per heavy atom. The summed E-state index contributed by atoms with van der Waals surface area (Å²) in [5, 5.41) is 3.49. The number of nitrogens with one attached hydrogen (secondary N) is 1. The van der Waals surface area contributed by atoms with Crippen molar-refractivity contribution in [2.75, 3.05) is 6.54 Å². The van der Waals surface area contributed by atoms with Crippen molar-refractivity contribution in [3.63, 3.8) is 0 Å². The van der Waals surface area contributed by atoms with E-state index < -0.39 is 0 Å². The monoisotopic (exact) mass is 213 g/mol. The Morgan fingerprint density at radius 2 is 2.31 bits per heavy atom. The molecule has 0 aliphatic heterocycles. The summed E-state index contributed by atoms with van der Waals surface area (Å²) in [6, 6.07) is 7.10. The molecule has 1 nitrogen and oxygen atoms in total. The third-order valence-electron chi connectivity index (χ3n) is 3.15. The fraction of sp³-hybridized carbons (Fsp3) is 0.333. The molecule has 0 heterocycles. The first-order valence-electron chi connectivity index (χ1n) is 5.92. The molecule has 0 fully saturated rings. The van der Waals surface area contributed by atoms with Crippen LogP contribution in [0.1, 0.15) is 30.5 Å². The summed E-state index contributed by atoms with van der Waals surface area (Å²) in [7, 11) is 0. The number of rotatable bonds is 3. The second-order valence-electron chi connectivity index (χ2n) is 4.34. The van der Waals surface area contributed by atoms with E-state index in [0.29, 0.717) is 6.04 Å². The molecule has 0 saturated carbocycles. The predicted molar refractivity (Wildman–Crippen MR) is 71.4 cm³/mol. The lowest BCUT2D eigenvalue weighted by Crippen LogP contribution is -2.31. The lowest BCUT2D eigenvalue weighted by Gasteiger charge is -2.23. The van der Waals surface area contributed by atoms with Gasteiger partial charge in [-0.3, -0.25) is 0 Å². The first-order valence-corrected chi connectivity index (χ1v) is 5.92. The smallest absolute Gasteiger partial charge is 0.0296 e. The first-order chi connectivity index (χ1) is 7.74. The largest absolute Gasteiger partial charge is 0.310 e. The zero-order valence-corrected chi connectivity index (χ0v) is 10.1. The number of hydrogen-bond acceptors (Lipinski definition) is 1. The van der Waals surface area contributed by atoms with Gasteiger partial charge in [0.15, 0.2) is 0 Å². The first kappa shape index (κ1) is 11.2. The third kappa shape index (κ3) is 2.10. The molecule has 0 aromatic heterocycles. The summed E-state index contributed by atoms with van der Waals surface area (Å²) in [6.07, 6.45) is 5.33. The number of likely N-dealkylation sites (N-methyl/N-ethyl adjacent to an activating group) is 1. The Hall–Kier alpha value is -1.34. The van der Waals surface area contributed by atoms with Crippen LogP contribution in [0.15, 0.2) is 30.9 Å². The summed E-state index contributed by atoms with van der Waals surface area (Å²) < 4.78 is 0. The van der Waals surface area contributed by atoms with Gasteiger partial charge < -0.3 is 5.32 Å². The van der Waals surface area contributed by atoms with Crippen LogP contribution in [0.5, 0.6) is 0 Å². The zero-order valence-electron chi connectivity index (χ0n) is 10.1. The molecule has 1 aromatic carbocycles. The standard InChI is InChI=1S/C15H19N/c1-4-12-6-7-13-10-14(16-5-2)8-11(3)15(13)9-12/h4,6-9,14,16H,1,5,10H2,2-3H3. The molecule has 1 aromatic rings. The van der Waals surface area contributed by atoms with Crippen LogP contribution < -0.4 is 5.32 Å². The molecule has 0 spiro atoms. The van der Waals surface area contributed by atoms with Gasteiger partial charge in [0.1, 0.15) is 0 Å². The van der Waals surface area contributed by atoms with Crippen LogP contribution in [0.3, 0.4) is 0 Å². The maximum absolute atomic E-state index is 3.82. The second-order valence-corrected chi connectivity index (χ2v) is 4.34. The molecule has 1 N–H and O–H groups in total. The molecule has 0 amide bonds. The van der Waals surface area contributed by atoms with E-state index >= 15 is 0 Å². The van der Waals surface area contributed by atoms with E-state index in [1.807, 2.05) is 6.08 Å². The molecular formula is C15H19N. The molecule has 0 bridgehead atoms. The summed E-state index contributed by atoms with van der Waals surface area (Å²) >= 11 is 0. The quantitative estimate of drug-likeness (QED) is 0.812. The molecule has 1 unspecified atom stereocenters. The van der Waals surface area contributed by atoms with Crippen molar-refractivity contribution in [1.29, 1.82) is 0 Å². The van der Waals surface area contributed by atoms with Crippen molar-refractivity contribution >= 4 is 11.6 Å². The summed E-state index contributed by atoms with van der Waals surface area (Å²) in [4.78, 5) is 0. The summed E-state index contributed by atoms with van der Waals surface area (Å²) in [5.74, 6) is 0. The van der Waals surface area contributed by atoms with Crippen molar-refractivity contribution in [2.24, 2.45) is 0 Å². The molecule has 1 heteroatoms. The van der Waals surface area contributed by atoms with Crippen LogP contribution in [0, 0.1) is 0 Å². The van der Waals surface area contributed by atoms with E-state index in [0.717, 1.165) is 13.0 Å². The van der Waals surface area contributed by atoms with Crippen LogP contribution in [0.2, 0.25) is 0 Å². The lowest BCUT2D eigenvalue weighted by molar-refractivity contribution is 0.607. The van der Waals surface area contributed by atoms with E-state index in [-0.39, 0.29) is 0 Å². The highest BCUT2D eigenvalue weighted by molar-refractivity contribution is 5.71. The Labute approximate surface area is 97.9 Å². The van der Waals surface area contributed by atoms with Crippen molar-refractivity contribution in [2.45, 2.75) is 26.3 Å². The minimum Gasteiger partial charge on any atom is -0.310 e. The molecule has 2 rings (SSSR count). The van der Waals surface area contributed by atoms with Gasteiger partial charge in [-0.1, -0.05) is 37.8 Å². The second kappa shape index (κ2) is 4.67. The number of allylic oxidation sites excluding steroid dienone is 1. The van der Waals surface area contributed by atoms with Gasteiger partial charge in [0.2, 0.25) is 0 Å². The number of hydrogen-bond donors (Lipinski definition) is 1. The van der Waals surface area contributed by atoms with E-state index in [9.17, 15) is 0 Å². The fourth-order valence-electron chi connectivity index (χ4n) is 2.35. The molecule has 16 heavy (non-hydrogen) atoms.